The Morgan fingerprint density at radius 2 is 1.88 bits per heavy atom. The Morgan fingerprint density at radius 3 is 2.41 bits per heavy atom. The third-order valence-corrected chi connectivity index (χ3v) is 3.07. The summed E-state index contributed by atoms with van der Waals surface area (Å²) in [6.07, 6.45) is -0.874. The number of ether oxygens (including phenoxy) is 1. The first-order valence-electron chi connectivity index (χ1n) is 5.96. The van der Waals surface area contributed by atoms with Gasteiger partial charge in [-0.15, -0.1) is 0 Å². The molecule has 1 aromatic rings. The summed E-state index contributed by atoms with van der Waals surface area (Å²) in [5.74, 6) is 0.982. The highest BCUT2D eigenvalue weighted by atomic mass is 16.5. The van der Waals surface area contributed by atoms with Crippen molar-refractivity contribution in [3.05, 3.63) is 29.3 Å². The van der Waals surface area contributed by atoms with Crippen LogP contribution in [0.1, 0.15) is 37.3 Å². The minimum Gasteiger partial charge on any atom is -0.496 e. The molecule has 3 nitrogen and oxygen atoms in total. The van der Waals surface area contributed by atoms with Gasteiger partial charge in [0.2, 0.25) is 0 Å². The molecule has 0 bridgehead atoms. The molecule has 0 heterocycles. The van der Waals surface area contributed by atoms with Gasteiger partial charge in [-0.2, -0.15) is 0 Å². The number of rotatable bonds is 5. The van der Waals surface area contributed by atoms with E-state index in [1.807, 2.05) is 26.0 Å². The number of aryl methyl sites for hydroxylation is 1. The minimum absolute atomic E-state index is 0.148. The summed E-state index contributed by atoms with van der Waals surface area (Å²) >= 11 is 0. The Hall–Kier alpha value is -1.06. The standard InChI is InChI=1S/C14H22O3/c1-9-5-6-14(17-4)12(7-9)10(2)8-13(16)11(3)15/h5-7,10-11,13,15-16H,8H2,1-4H3. The molecule has 3 heteroatoms. The van der Waals surface area contributed by atoms with Crippen molar-refractivity contribution in [3.63, 3.8) is 0 Å². The first-order chi connectivity index (χ1) is 7.95. The summed E-state index contributed by atoms with van der Waals surface area (Å²) in [6.45, 7) is 5.66. The van der Waals surface area contributed by atoms with Gasteiger partial charge in [-0.05, 0) is 37.8 Å². The van der Waals surface area contributed by atoms with Crippen molar-refractivity contribution in [2.75, 3.05) is 7.11 Å². The Bertz CT molecular complexity index is 360. The predicted octanol–water partition coefficient (Wildman–Crippen LogP) is 2.24. The van der Waals surface area contributed by atoms with Gasteiger partial charge in [0.25, 0.3) is 0 Å². The number of aliphatic hydroxyl groups excluding tert-OH is 2. The molecule has 96 valence electrons. The van der Waals surface area contributed by atoms with Crippen LogP contribution in [0.2, 0.25) is 0 Å². The van der Waals surface area contributed by atoms with Crippen LogP contribution in [0.15, 0.2) is 18.2 Å². The highest BCUT2D eigenvalue weighted by Crippen LogP contribution is 2.30. The summed E-state index contributed by atoms with van der Waals surface area (Å²) in [4.78, 5) is 0. The highest BCUT2D eigenvalue weighted by molar-refractivity contribution is 5.39. The van der Waals surface area contributed by atoms with E-state index in [2.05, 4.69) is 6.07 Å². The van der Waals surface area contributed by atoms with Gasteiger partial charge in [-0.3, -0.25) is 0 Å². The minimum atomic E-state index is -0.701. The molecule has 1 rings (SSSR count). The normalized spacial score (nSPS) is 16.4. The lowest BCUT2D eigenvalue weighted by Gasteiger charge is -2.21. The van der Waals surface area contributed by atoms with Crippen molar-refractivity contribution in [2.45, 2.75) is 45.3 Å². The van der Waals surface area contributed by atoms with Gasteiger partial charge in [-0.1, -0.05) is 24.6 Å². The maximum absolute atomic E-state index is 9.70. The van der Waals surface area contributed by atoms with E-state index in [1.54, 1.807) is 14.0 Å². The third kappa shape index (κ3) is 3.72. The van der Waals surface area contributed by atoms with Gasteiger partial charge < -0.3 is 14.9 Å². The number of benzene rings is 1. The van der Waals surface area contributed by atoms with Crippen LogP contribution >= 0.6 is 0 Å². The molecule has 3 unspecified atom stereocenters. The lowest BCUT2D eigenvalue weighted by molar-refractivity contribution is 0.0226. The fourth-order valence-electron chi connectivity index (χ4n) is 1.93. The molecule has 0 spiro atoms. The van der Waals surface area contributed by atoms with Crippen LogP contribution in [0.4, 0.5) is 0 Å². The van der Waals surface area contributed by atoms with Crippen molar-refractivity contribution < 1.29 is 14.9 Å². The topological polar surface area (TPSA) is 49.7 Å². The smallest absolute Gasteiger partial charge is 0.122 e. The summed E-state index contributed by atoms with van der Waals surface area (Å²) in [5.41, 5.74) is 2.24. The predicted molar refractivity (Wildman–Crippen MR) is 68.5 cm³/mol. The lowest BCUT2D eigenvalue weighted by Crippen LogP contribution is -2.24. The lowest BCUT2D eigenvalue weighted by atomic mass is 9.91. The van der Waals surface area contributed by atoms with Crippen molar-refractivity contribution in [1.29, 1.82) is 0 Å². The molecule has 0 amide bonds. The molecule has 0 saturated heterocycles. The van der Waals surface area contributed by atoms with Crippen LogP contribution in [-0.4, -0.2) is 29.5 Å². The number of methoxy groups -OCH3 is 1. The molecular formula is C14H22O3. The van der Waals surface area contributed by atoms with E-state index in [4.69, 9.17) is 4.74 Å². The van der Waals surface area contributed by atoms with Gasteiger partial charge in [0, 0.05) is 0 Å². The zero-order valence-electron chi connectivity index (χ0n) is 11.0. The highest BCUT2D eigenvalue weighted by Gasteiger charge is 2.18. The maximum atomic E-state index is 9.70. The van der Waals surface area contributed by atoms with E-state index in [1.165, 1.54) is 5.56 Å². The zero-order chi connectivity index (χ0) is 13.0. The van der Waals surface area contributed by atoms with Crippen molar-refractivity contribution in [3.8, 4) is 5.75 Å². The zero-order valence-corrected chi connectivity index (χ0v) is 11.0. The molecule has 3 atom stereocenters. The number of hydrogen-bond donors (Lipinski definition) is 2. The largest absolute Gasteiger partial charge is 0.496 e. The number of aliphatic hydroxyl groups is 2. The fraction of sp³-hybridized carbons (Fsp3) is 0.571. The second kappa shape index (κ2) is 6.03. The van der Waals surface area contributed by atoms with E-state index in [9.17, 15) is 10.2 Å². The first kappa shape index (κ1) is 14.0. The quantitative estimate of drug-likeness (QED) is 0.827. The van der Waals surface area contributed by atoms with Crippen LogP contribution in [0.3, 0.4) is 0 Å². The Kier molecular flexibility index (Phi) is 4.97. The first-order valence-corrected chi connectivity index (χ1v) is 5.96. The van der Waals surface area contributed by atoms with E-state index in [0.717, 1.165) is 11.3 Å². The summed E-state index contributed by atoms with van der Waals surface area (Å²) in [7, 11) is 1.64. The third-order valence-electron chi connectivity index (χ3n) is 3.07. The fourth-order valence-corrected chi connectivity index (χ4v) is 1.93. The number of hydrogen-bond acceptors (Lipinski definition) is 3. The Balaban J connectivity index is 2.87. The molecular weight excluding hydrogens is 216 g/mol. The monoisotopic (exact) mass is 238 g/mol. The van der Waals surface area contributed by atoms with E-state index in [0.29, 0.717) is 6.42 Å². The molecule has 2 N–H and O–H groups in total. The van der Waals surface area contributed by atoms with E-state index >= 15 is 0 Å². The molecule has 0 aliphatic rings. The molecule has 0 aliphatic carbocycles. The maximum Gasteiger partial charge on any atom is 0.122 e. The molecule has 0 fully saturated rings. The second-order valence-corrected chi connectivity index (χ2v) is 4.69. The summed E-state index contributed by atoms with van der Waals surface area (Å²) < 4.78 is 5.32. The van der Waals surface area contributed by atoms with Gasteiger partial charge in [0.05, 0.1) is 19.3 Å². The molecule has 0 radical (unpaired) electrons. The molecule has 0 aromatic heterocycles. The van der Waals surface area contributed by atoms with Crippen LogP contribution in [0.5, 0.6) is 5.75 Å². The molecule has 0 aliphatic heterocycles. The molecule has 1 aromatic carbocycles. The van der Waals surface area contributed by atoms with Crippen molar-refractivity contribution in [2.24, 2.45) is 0 Å². The van der Waals surface area contributed by atoms with E-state index < -0.39 is 12.2 Å². The van der Waals surface area contributed by atoms with Gasteiger partial charge in [0.15, 0.2) is 0 Å². The van der Waals surface area contributed by atoms with Crippen molar-refractivity contribution >= 4 is 0 Å². The van der Waals surface area contributed by atoms with Crippen molar-refractivity contribution in [1.82, 2.24) is 0 Å². The van der Waals surface area contributed by atoms with Crippen LogP contribution in [0, 0.1) is 6.92 Å². The SMILES string of the molecule is COc1ccc(C)cc1C(C)CC(O)C(C)O. The van der Waals surface area contributed by atoms with E-state index in [-0.39, 0.29) is 5.92 Å². The molecule has 17 heavy (non-hydrogen) atoms. The second-order valence-electron chi connectivity index (χ2n) is 4.69. The van der Waals surface area contributed by atoms with Gasteiger partial charge in [-0.25, -0.2) is 0 Å². The van der Waals surface area contributed by atoms with Crippen LogP contribution in [-0.2, 0) is 0 Å². The Morgan fingerprint density at radius 1 is 1.24 bits per heavy atom. The van der Waals surface area contributed by atoms with Gasteiger partial charge in [0.1, 0.15) is 5.75 Å². The van der Waals surface area contributed by atoms with Crippen LogP contribution < -0.4 is 4.74 Å². The average molecular weight is 238 g/mol. The van der Waals surface area contributed by atoms with Gasteiger partial charge >= 0.3 is 0 Å². The average Bonchev–Trinajstić information content (AvgIpc) is 2.28. The Labute approximate surface area is 103 Å². The molecule has 0 saturated carbocycles. The summed E-state index contributed by atoms with van der Waals surface area (Å²) in [6, 6.07) is 6.01. The van der Waals surface area contributed by atoms with Crippen LogP contribution in [0.25, 0.3) is 0 Å². The summed E-state index contributed by atoms with van der Waals surface area (Å²) in [5, 5.41) is 19.0.